The van der Waals surface area contributed by atoms with Gasteiger partial charge in [-0.05, 0) is 22.9 Å². The average Bonchev–Trinajstić information content (AvgIpc) is 2.78. The molecular formula is C24H19NO5. The highest BCUT2D eigenvalue weighted by atomic mass is 16.4. The van der Waals surface area contributed by atoms with Crippen LogP contribution < -0.4 is 4.90 Å². The second-order valence-corrected chi connectivity index (χ2v) is 6.90. The molecule has 30 heavy (non-hydrogen) atoms. The van der Waals surface area contributed by atoms with E-state index in [4.69, 9.17) is 5.11 Å². The molecule has 0 bridgehead atoms. The van der Waals surface area contributed by atoms with Crippen LogP contribution in [0, 0.1) is 0 Å². The number of fused-ring (bicyclic) bond motifs is 2. The van der Waals surface area contributed by atoms with Crippen molar-refractivity contribution in [2.24, 2.45) is 0 Å². The number of hydrogen-bond donors (Lipinski definition) is 3. The second-order valence-electron chi connectivity index (χ2n) is 6.90. The van der Waals surface area contributed by atoms with E-state index < -0.39 is 24.1 Å². The molecule has 2 unspecified atom stereocenters. The fourth-order valence-electron chi connectivity index (χ4n) is 3.58. The van der Waals surface area contributed by atoms with Gasteiger partial charge in [-0.2, -0.15) is 0 Å². The summed E-state index contributed by atoms with van der Waals surface area (Å²) in [5.41, 5.74) is 0.956. The first-order chi connectivity index (χ1) is 14.5. The summed E-state index contributed by atoms with van der Waals surface area (Å²) in [6.07, 6.45) is -4.38. The highest BCUT2D eigenvalue weighted by Gasteiger charge is 2.35. The number of anilines is 2. The lowest BCUT2D eigenvalue weighted by atomic mass is 10.0. The number of aliphatic hydroxyl groups is 2. The molecule has 0 saturated heterocycles. The molecule has 0 spiro atoms. The van der Waals surface area contributed by atoms with Crippen LogP contribution in [0.15, 0.2) is 84.9 Å². The van der Waals surface area contributed by atoms with Crippen molar-refractivity contribution >= 4 is 44.8 Å². The van der Waals surface area contributed by atoms with Crippen LogP contribution in [0.1, 0.15) is 0 Å². The Kier molecular flexibility index (Phi) is 5.18. The van der Waals surface area contributed by atoms with E-state index in [0.717, 1.165) is 21.5 Å². The van der Waals surface area contributed by atoms with Crippen molar-refractivity contribution in [2.75, 3.05) is 4.90 Å². The SMILES string of the molecule is O=C(O)C(O)C(O)C(=O)N(c1cccc2ccccc12)c1cccc2ccccc12. The standard InChI is InChI=1S/C24H19NO5/c26-21(22(27)24(29)30)23(28)25(19-13-5-9-15-7-1-3-11-17(15)19)20-14-6-10-16-8-2-4-12-18(16)20/h1-14,21-22,26-27H,(H,29,30). The minimum atomic E-state index is -2.25. The Labute approximate surface area is 172 Å². The number of carbonyl (C=O) groups excluding carboxylic acids is 1. The Morgan fingerprint density at radius 1 is 0.633 bits per heavy atom. The molecule has 0 aliphatic heterocycles. The van der Waals surface area contributed by atoms with E-state index in [-0.39, 0.29) is 0 Å². The maximum atomic E-state index is 13.3. The van der Waals surface area contributed by atoms with E-state index in [0.29, 0.717) is 11.4 Å². The summed E-state index contributed by atoms with van der Waals surface area (Å²) in [5.74, 6) is -2.61. The van der Waals surface area contributed by atoms with Crippen molar-refractivity contribution in [2.45, 2.75) is 12.2 Å². The normalized spacial score (nSPS) is 13.1. The Balaban J connectivity index is 1.98. The predicted molar refractivity (Wildman–Crippen MR) is 115 cm³/mol. The third-order valence-corrected chi connectivity index (χ3v) is 5.04. The molecule has 4 aromatic rings. The van der Waals surface area contributed by atoms with Gasteiger partial charge in [0.15, 0.2) is 12.2 Å². The van der Waals surface area contributed by atoms with Gasteiger partial charge in [-0.15, -0.1) is 0 Å². The van der Waals surface area contributed by atoms with Gasteiger partial charge in [0, 0.05) is 10.8 Å². The molecule has 0 fully saturated rings. The van der Waals surface area contributed by atoms with Crippen molar-refractivity contribution in [3.8, 4) is 0 Å². The second kappa shape index (κ2) is 7.94. The van der Waals surface area contributed by atoms with Gasteiger partial charge in [-0.1, -0.05) is 72.8 Å². The molecule has 3 N–H and O–H groups in total. The number of hydrogen-bond acceptors (Lipinski definition) is 4. The zero-order valence-corrected chi connectivity index (χ0v) is 15.8. The van der Waals surface area contributed by atoms with Gasteiger partial charge in [-0.3, -0.25) is 9.69 Å². The molecular weight excluding hydrogens is 382 g/mol. The van der Waals surface area contributed by atoms with E-state index in [2.05, 4.69) is 0 Å². The largest absolute Gasteiger partial charge is 0.479 e. The molecule has 0 aliphatic rings. The van der Waals surface area contributed by atoms with E-state index in [9.17, 15) is 19.8 Å². The topological polar surface area (TPSA) is 98.1 Å². The molecule has 6 nitrogen and oxygen atoms in total. The minimum Gasteiger partial charge on any atom is -0.479 e. The molecule has 0 radical (unpaired) electrons. The van der Waals surface area contributed by atoms with E-state index in [1.165, 1.54) is 4.90 Å². The van der Waals surface area contributed by atoms with Crippen LogP contribution in [0.3, 0.4) is 0 Å². The van der Waals surface area contributed by atoms with E-state index in [1.54, 1.807) is 24.3 Å². The molecule has 0 aromatic heterocycles. The summed E-state index contributed by atoms with van der Waals surface area (Å²) in [7, 11) is 0. The smallest absolute Gasteiger partial charge is 0.335 e. The Morgan fingerprint density at radius 3 is 1.53 bits per heavy atom. The fraction of sp³-hybridized carbons (Fsp3) is 0.0833. The number of carbonyl (C=O) groups is 2. The Bertz CT molecular complexity index is 1160. The quantitative estimate of drug-likeness (QED) is 0.476. The first kappa shape index (κ1) is 19.6. The van der Waals surface area contributed by atoms with Gasteiger partial charge < -0.3 is 15.3 Å². The highest BCUT2D eigenvalue weighted by molar-refractivity contribution is 6.14. The van der Waals surface area contributed by atoms with Gasteiger partial charge in [-0.25, -0.2) is 4.79 Å². The molecule has 0 aliphatic carbocycles. The lowest BCUT2D eigenvalue weighted by Gasteiger charge is -2.28. The summed E-state index contributed by atoms with van der Waals surface area (Å²) < 4.78 is 0. The number of nitrogens with zero attached hydrogens (tertiary/aromatic N) is 1. The fourth-order valence-corrected chi connectivity index (χ4v) is 3.58. The van der Waals surface area contributed by atoms with Gasteiger partial charge in [0.05, 0.1) is 11.4 Å². The van der Waals surface area contributed by atoms with E-state index in [1.807, 2.05) is 60.7 Å². The zero-order chi connectivity index (χ0) is 21.3. The van der Waals surface area contributed by atoms with Gasteiger partial charge in [0.1, 0.15) is 0 Å². The van der Waals surface area contributed by atoms with Gasteiger partial charge in [0.25, 0.3) is 5.91 Å². The van der Waals surface area contributed by atoms with Crippen LogP contribution >= 0.6 is 0 Å². The molecule has 1 amide bonds. The van der Waals surface area contributed by atoms with E-state index >= 15 is 0 Å². The van der Waals surface area contributed by atoms with Crippen LogP contribution in [0.5, 0.6) is 0 Å². The third-order valence-electron chi connectivity index (χ3n) is 5.04. The number of amides is 1. The summed E-state index contributed by atoms with van der Waals surface area (Å²) in [5, 5.41) is 32.5. The third kappa shape index (κ3) is 3.39. The van der Waals surface area contributed by atoms with Crippen molar-refractivity contribution < 1.29 is 24.9 Å². The first-order valence-electron chi connectivity index (χ1n) is 9.37. The van der Waals surface area contributed by atoms with Crippen molar-refractivity contribution in [3.63, 3.8) is 0 Å². The molecule has 150 valence electrons. The summed E-state index contributed by atoms with van der Waals surface area (Å²) in [4.78, 5) is 25.8. The predicted octanol–water partition coefficient (Wildman–Crippen LogP) is 3.46. The minimum absolute atomic E-state index is 0.478. The Hall–Kier alpha value is -3.74. The monoisotopic (exact) mass is 401 g/mol. The summed E-state index contributed by atoms with van der Waals surface area (Å²) in [6, 6.07) is 25.7. The molecule has 4 aromatic carbocycles. The summed E-state index contributed by atoms with van der Waals surface area (Å²) >= 11 is 0. The van der Waals surface area contributed by atoms with Crippen molar-refractivity contribution in [3.05, 3.63) is 84.9 Å². The van der Waals surface area contributed by atoms with Crippen molar-refractivity contribution in [1.29, 1.82) is 0 Å². The number of benzene rings is 4. The highest BCUT2D eigenvalue weighted by Crippen LogP contribution is 2.37. The van der Waals surface area contributed by atoms with Gasteiger partial charge in [0.2, 0.25) is 0 Å². The van der Waals surface area contributed by atoms with Crippen LogP contribution in [0.4, 0.5) is 11.4 Å². The molecule has 4 rings (SSSR count). The Morgan fingerprint density at radius 2 is 1.07 bits per heavy atom. The number of carboxylic acid groups (broad SMARTS) is 1. The first-order valence-corrected chi connectivity index (χ1v) is 9.37. The maximum absolute atomic E-state index is 13.3. The van der Waals surface area contributed by atoms with Crippen LogP contribution in [-0.2, 0) is 9.59 Å². The maximum Gasteiger partial charge on any atom is 0.335 e. The summed E-state index contributed by atoms with van der Waals surface area (Å²) in [6.45, 7) is 0. The average molecular weight is 401 g/mol. The number of aliphatic carboxylic acids is 1. The molecule has 0 saturated carbocycles. The number of aliphatic hydroxyl groups excluding tert-OH is 2. The molecule has 2 atom stereocenters. The van der Waals surface area contributed by atoms with Crippen LogP contribution in [0.25, 0.3) is 21.5 Å². The van der Waals surface area contributed by atoms with Crippen LogP contribution in [0.2, 0.25) is 0 Å². The van der Waals surface area contributed by atoms with Gasteiger partial charge >= 0.3 is 5.97 Å². The number of carboxylic acids is 1. The zero-order valence-electron chi connectivity index (χ0n) is 15.8. The lowest BCUT2D eigenvalue weighted by Crippen LogP contribution is -2.46. The molecule has 6 heteroatoms. The molecule has 0 heterocycles. The lowest BCUT2D eigenvalue weighted by molar-refractivity contribution is -0.157. The van der Waals surface area contributed by atoms with Crippen molar-refractivity contribution in [1.82, 2.24) is 0 Å². The van der Waals surface area contributed by atoms with Crippen LogP contribution in [-0.4, -0.2) is 39.4 Å². The number of rotatable bonds is 5.